The Bertz CT molecular complexity index is 1250. The second-order valence-electron chi connectivity index (χ2n) is 7.59. The number of benzene rings is 2. The van der Waals surface area contributed by atoms with Gasteiger partial charge in [-0.15, -0.1) is 0 Å². The topological polar surface area (TPSA) is 131 Å². The number of hydrogen-bond donors (Lipinski definition) is 3. The van der Waals surface area contributed by atoms with Crippen LogP contribution in [0.2, 0.25) is 0 Å². The van der Waals surface area contributed by atoms with E-state index in [4.69, 9.17) is 9.88 Å². The molecule has 1 aliphatic carbocycles. The van der Waals surface area contributed by atoms with Gasteiger partial charge in [-0.2, -0.15) is 0 Å². The van der Waals surface area contributed by atoms with E-state index < -0.39 is 28.5 Å². The Hall–Kier alpha value is -3.17. The van der Waals surface area contributed by atoms with E-state index in [2.05, 4.69) is 10.3 Å². The van der Waals surface area contributed by atoms with Gasteiger partial charge in [0.05, 0.1) is 10.5 Å². The van der Waals surface area contributed by atoms with Gasteiger partial charge in [0.25, 0.3) is 5.91 Å². The molecular weight excluding hydrogens is 418 g/mol. The van der Waals surface area contributed by atoms with Gasteiger partial charge in [-0.25, -0.2) is 18.4 Å². The Kier molecular flexibility index (Phi) is 5.79. The molecule has 8 nitrogen and oxygen atoms in total. The highest BCUT2D eigenvalue weighted by molar-refractivity contribution is 7.89. The lowest BCUT2D eigenvalue weighted by molar-refractivity contribution is -0.124. The van der Waals surface area contributed by atoms with Crippen LogP contribution in [0.25, 0.3) is 10.9 Å². The molecule has 0 spiro atoms. The van der Waals surface area contributed by atoms with Crippen molar-refractivity contribution in [3.8, 4) is 0 Å². The maximum atomic E-state index is 12.4. The third kappa shape index (κ3) is 4.78. The van der Waals surface area contributed by atoms with E-state index in [1.165, 1.54) is 29.8 Å². The van der Waals surface area contributed by atoms with E-state index in [1.54, 1.807) is 18.2 Å². The fourth-order valence-electron chi connectivity index (χ4n) is 3.80. The van der Waals surface area contributed by atoms with Gasteiger partial charge in [0, 0.05) is 23.1 Å². The summed E-state index contributed by atoms with van der Waals surface area (Å²) in [6.45, 7) is -0.236. The first-order valence-electron chi connectivity index (χ1n) is 10.0. The number of nitrogens with one attached hydrogen (secondary N) is 2. The Balaban J connectivity index is 1.32. The first kappa shape index (κ1) is 21.1. The number of rotatable bonds is 6. The maximum Gasteiger partial charge on any atom is 0.338 e. The summed E-state index contributed by atoms with van der Waals surface area (Å²) in [4.78, 5) is 27.9. The number of nitrogens with two attached hydrogens (primary N) is 1. The quantitative estimate of drug-likeness (QED) is 0.505. The number of fused-ring (bicyclic) bond motifs is 3. The zero-order chi connectivity index (χ0) is 22.0. The Morgan fingerprint density at radius 3 is 2.55 bits per heavy atom. The third-order valence-electron chi connectivity index (χ3n) is 5.41. The summed E-state index contributed by atoms with van der Waals surface area (Å²) in [5, 5.41) is 8.72. The molecule has 0 radical (unpaired) electrons. The van der Waals surface area contributed by atoms with Crippen LogP contribution >= 0.6 is 0 Å². The van der Waals surface area contributed by atoms with E-state index in [1.807, 2.05) is 12.1 Å². The van der Waals surface area contributed by atoms with Crippen molar-refractivity contribution in [1.82, 2.24) is 10.3 Å². The summed E-state index contributed by atoms with van der Waals surface area (Å²) in [6, 6.07) is 11.2. The highest BCUT2D eigenvalue weighted by Gasteiger charge is 2.18. The van der Waals surface area contributed by atoms with Gasteiger partial charge in [0.15, 0.2) is 6.61 Å². The van der Waals surface area contributed by atoms with E-state index in [0.29, 0.717) is 11.1 Å². The minimum absolute atomic E-state index is 0.00263. The zero-order valence-electron chi connectivity index (χ0n) is 16.8. The third-order valence-corrected chi connectivity index (χ3v) is 6.34. The van der Waals surface area contributed by atoms with Gasteiger partial charge in [-0.05, 0) is 67.1 Å². The normalized spacial score (nSPS) is 13.6. The van der Waals surface area contributed by atoms with Crippen molar-refractivity contribution in [1.29, 1.82) is 0 Å². The molecule has 4 N–H and O–H groups in total. The highest BCUT2D eigenvalue weighted by Crippen LogP contribution is 2.29. The lowest BCUT2D eigenvalue weighted by Gasteiger charge is -2.10. The average molecular weight is 442 g/mol. The molecule has 1 heterocycles. The van der Waals surface area contributed by atoms with Gasteiger partial charge in [-0.3, -0.25) is 4.79 Å². The molecule has 0 atom stereocenters. The summed E-state index contributed by atoms with van der Waals surface area (Å²) in [5.41, 5.74) is 4.61. The fraction of sp³-hybridized carbons (Fsp3) is 0.273. The number of carbonyl (C=O) groups excluding carboxylic acids is 2. The molecule has 1 aliphatic rings. The number of hydrogen-bond acceptors (Lipinski definition) is 5. The highest BCUT2D eigenvalue weighted by atomic mass is 32.2. The molecular formula is C22H23N3O5S. The fourth-order valence-corrected chi connectivity index (χ4v) is 4.31. The van der Waals surface area contributed by atoms with Crippen molar-refractivity contribution in [3.63, 3.8) is 0 Å². The van der Waals surface area contributed by atoms with E-state index >= 15 is 0 Å². The van der Waals surface area contributed by atoms with Crippen LogP contribution in [-0.2, 0) is 38.9 Å². The second kappa shape index (κ2) is 8.52. The minimum atomic E-state index is -3.76. The van der Waals surface area contributed by atoms with Crippen LogP contribution in [0.15, 0.2) is 47.4 Å². The van der Waals surface area contributed by atoms with Gasteiger partial charge < -0.3 is 15.0 Å². The van der Waals surface area contributed by atoms with E-state index in [0.717, 1.165) is 30.2 Å². The standard InChI is InChI=1S/C22H23N3O5S/c23-31(28,29)16-8-5-14(6-9-16)12-24-21(26)13-30-22(27)15-7-10-20-18(11-15)17-3-1-2-4-19(17)25-20/h5-11,25H,1-4,12-13H2,(H,24,26)(H2,23,28,29). The molecule has 0 fully saturated rings. The predicted octanol–water partition coefficient (Wildman–Crippen LogP) is 2.17. The summed E-state index contributed by atoms with van der Waals surface area (Å²) in [5.74, 6) is -1.01. The summed E-state index contributed by atoms with van der Waals surface area (Å²) >= 11 is 0. The number of carbonyl (C=O) groups is 2. The first-order valence-corrected chi connectivity index (χ1v) is 11.5. The maximum absolute atomic E-state index is 12.4. The van der Waals surface area contributed by atoms with Crippen LogP contribution in [0.1, 0.15) is 40.0 Å². The number of primary sulfonamides is 1. The lowest BCUT2D eigenvalue weighted by Crippen LogP contribution is -2.28. The molecule has 31 heavy (non-hydrogen) atoms. The molecule has 1 aromatic heterocycles. The van der Waals surface area contributed by atoms with Crippen molar-refractivity contribution in [2.45, 2.75) is 37.1 Å². The number of aryl methyl sites for hydroxylation is 2. The molecule has 4 rings (SSSR count). The minimum Gasteiger partial charge on any atom is -0.452 e. The van der Waals surface area contributed by atoms with Crippen LogP contribution in [0, 0.1) is 0 Å². The van der Waals surface area contributed by atoms with E-state index in [9.17, 15) is 18.0 Å². The van der Waals surface area contributed by atoms with Crippen LogP contribution in [-0.4, -0.2) is 31.9 Å². The molecule has 3 aromatic rings. The molecule has 1 amide bonds. The summed E-state index contributed by atoms with van der Waals surface area (Å²) in [7, 11) is -3.76. The van der Waals surface area contributed by atoms with Crippen molar-refractivity contribution >= 4 is 32.8 Å². The number of esters is 1. The van der Waals surface area contributed by atoms with Crippen molar-refractivity contribution in [2.75, 3.05) is 6.61 Å². The number of ether oxygens (including phenoxy) is 1. The lowest BCUT2D eigenvalue weighted by atomic mass is 9.95. The Labute approximate surface area is 179 Å². The Morgan fingerprint density at radius 1 is 1.06 bits per heavy atom. The molecule has 2 aromatic carbocycles. The van der Waals surface area contributed by atoms with Crippen molar-refractivity contribution in [2.24, 2.45) is 5.14 Å². The van der Waals surface area contributed by atoms with Crippen LogP contribution in [0.4, 0.5) is 0 Å². The number of amides is 1. The van der Waals surface area contributed by atoms with Crippen molar-refractivity contribution < 1.29 is 22.7 Å². The molecule has 9 heteroatoms. The molecule has 0 saturated carbocycles. The smallest absolute Gasteiger partial charge is 0.338 e. The number of sulfonamides is 1. The number of H-pyrrole nitrogens is 1. The average Bonchev–Trinajstić information content (AvgIpc) is 3.13. The van der Waals surface area contributed by atoms with Crippen LogP contribution in [0.5, 0.6) is 0 Å². The second-order valence-corrected chi connectivity index (χ2v) is 9.15. The van der Waals surface area contributed by atoms with Gasteiger partial charge in [0.1, 0.15) is 0 Å². The number of aromatic amines is 1. The molecule has 0 unspecified atom stereocenters. The monoisotopic (exact) mass is 441 g/mol. The summed E-state index contributed by atoms with van der Waals surface area (Å²) < 4.78 is 27.7. The predicted molar refractivity (Wildman–Crippen MR) is 115 cm³/mol. The van der Waals surface area contributed by atoms with Gasteiger partial charge in [-0.1, -0.05) is 12.1 Å². The number of aromatic nitrogens is 1. The van der Waals surface area contributed by atoms with Gasteiger partial charge >= 0.3 is 5.97 Å². The van der Waals surface area contributed by atoms with Crippen molar-refractivity contribution in [3.05, 3.63) is 64.8 Å². The molecule has 0 aliphatic heterocycles. The van der Waals surface area contributed by atoms with Crippen LogP contribution in [0.3, 0.4) is 0 Å². The molecule has 0 saturated heterocycles. The zero-order valence-corrected chi connectivity index (χ0v) is 17.6. The largest absolute Gasteiger partial charge is 0.452 e. The molecule has 162 valence electrons. The van der Waals surface area contributed by atoms with Gasteiger partial charge in [0.2, 0.25) is 10.0 Å². The van der Waals surface area contributed by atoms with Crippen LogP contribution < -0.4 is 10.5 Å². The van der Waals surface area contributed by atoms with E-state index in [-0.39, 0.29) is 11.4 Å². The summed E-state index contributed by atoms with van der Waals surface area (Å²) in [6.07, 6.45) is 4.32. The SMILES string of the molecule is NS(=O)(=O)c1ccc(CNC(=O)COC(=O)c2ccc3[nH]c4c(c3c2)CCCC4)cc1. The molecule has 0 bridgehead atoms. The Morgan fingerprint density at radius 2 is 1.81 bits per heavy atom. The first-order chi connectivity index (χ1) is 14.8.